The lowest BCUT2D eigenvalue weighted by molar-refractivity contribution is -0.123. The molecule has 4 heteroatoms. The number of aryl methyl sites for hydroxylation is 1. The number of carbonyl (C=O) groups is 1. The van der Waals surface area contributed by atoms with Crippen molar-refractivity contribution in [3.05, 3.63) is 64.7 Å². The molecule has 2 aromatic rings. The first kappa shape index (κ1) is 19.0. The maximum atomic E-state index is 12.2. The average molecular weight is 341 g/mol. The molecule has 0 heterocycles. The van der Waals surface area contributed by atoms with Crippen LogP contribution in [0, 0.1) is 6.92 Å². The summed E-state index contributed by atoms with van der Waals surface area (Å²) in [5.41, 5.74) is 4.36. The highest BCUT2D eigenvalue weighted by Crippen LogP contribution is 2.27. The molecule has 1 amide bonds. The van der Waals surface area contributed by atoms with E-state index in [0.29, 0.717) is 19.1 Å². The second-order valence-corrected chi connectivity index (χ2v) is 6.46. The van der Waals surface area contributed by atoms with E-state index < -0.39 is 0 Å². The number of rotatable bonds is 8. The largest absolute Gasteiger partial charge is 0.483 e. The van der Waals surface area contributed by atoms with Gasteiger partial charge in [0.05, 0.1) is 6.61 Å². The number of hydrogen-bond donors (Lipinski definition) is 1. The van der Waals surface area contributed by atoms with Crippen LogP contribution in [-0.2, 0) is 22.7 Å². The van der Waals surface area contributed by atoms with Crippen molar-refractivity contribution in [1.29, 1.82) is 0 Å². The number of nitrogens with one attached hydrogen (secondary N) is 1. The van der Waals surface area contributed by atoms with E-state index in [4.69, 9.17) is 9.47 Å². The molecular formula is C21H27NO3. The summed E-state index contributed by atoms with van der Waals surface area (Å²) < 4.78 is 11.0. The third-order valence-corrected chi connectivity index (χ3v) is 4.04. The summed E-state index contributed by atoms with van der Waals surface area (Å²) in [6.07, 6.45) is 0. The van der Waals surface area contributed by atoms with E-state index in [1.54, 1.807) is 7.11 Å². The van der Waals surface area contributed by atoms with Crippen molar-refractivity contribution in [2.75, 3.05) is 13.7 Å². The Labute approximate surface area is 150 Å². The van der Waals surface area contributed by atoms with Gasteiger partial charge in [0.15, 0.2) is 6.61 Å². The fraction of sp³-hybridized carbons (Fsp3) is 0.381. The Bertz CT molecular complexity index is 710. The number of benzene rings is 2. The molecule has 0 radical (unpaired) electrons. The second kappa shape index (κ2) is 9.23. The van der Waals surface area contributed by atoms with Gasteiger partial charge in [-0.3, -0.25) is 4.79 Å². The third-order valence-electron chi connectivity index (χ3n) is 4.04. The minimum Gasteiger partial charge on any atom is -0.483 e. The highest BCUT2D eigenvalue weighted by atomic mass is 16.5. The highest BCUT2D eigenvalue weighted by Gasteiger charge is 2.11. The lowest BCUT2D eigenvalue weighted by Crippen LogP contribution is -2.29. The van der Waals surface area contributed by atoms with E-state index in [-0.39, 0.29) is 12.5 Å². The molecule has 0 aliphatic carbocycles. The molecular weight excluding hydrogens is 314 g/mol. The van der Waals surface area contributed by atoms with E-state index in [1.807, 2.05) is 37.3 Å². The molecule has 0 aliphatic rings. The number of amides is 1. The van der Waals surface area contributed by atoms with Gasteiger partial charge >= 0.3 is 0 Å². The van der Waals surface area contributed by atoms with Crippen LogP contribution in [0.4, 0.5) is 0 Å². The smallest absolute Gasteiger partial charge is 0.258 e. The Kier molecular flexibility index (Phi) is 7.02. The van der Waals surface area contributed by atoms with Gasteiger partial charge in [-0.15, -0.1) is 0 Å². The van der Waals surface area contributed by atoms with Crippen molar-refractivity contribution < 1.29 is 14.3 Å². The fourth-order valence-electron chi connectivity index (χ4n) is 2.66. The van der Waals surface area contributed by atoms with Crippen LogP contribution in [0.2, 0.25) is 0 Å². The highest BCUT2D eigenvalue weighted by molar-refractivity contribution is 5.77. The van der Waals surface area contributed by atoms with Gasteiger partial charge in [-0.2, -0.15) is 0 Å². The molecule has 0 aromatic heterocycles. The van der Waals surface area contributed by atoms with Gasteiger partial charge in [0.25, 0.3) is 5.91 Å². The molecule has 0 atom stereocenters. The van der Waals surface area contributed by atoms with E-state index in [2.05, 4.69) is 31.3 Å². The third kappa shape index (κ3) is 5.61. The van der Waals surface area contributed by atoms with Crippen LogP contribution in [0.15, 0.2) is 42.5 Å². The summed E-state index contributed by atoms with van der Waals surface area (Å²) in [6.45, 7) is 7.25. The van der Waals surface area contributed by atoms with Gasteiger partial charge in [0.1, 0.15) is 5.75 Å². The number of carbonyl (C=O) groups excluding carboxylic acids is 1. The van der Waals surface area contributed by atoms with Crippen molar-refractivity contribution in [3.8, 4) is 5.75 Å². The van der Waals surface area contributed by atoms with Crippen LogP contribution in [0.25, 0.3) is 0 Å². The van der Waals surface area contributed by atoms with E-state index >= 15 is 0 Å². The molecule has 0 aliphatic heterocycles. The molecule has 0 saturated heterocycles. The minimum absolute atomic E-state index is 0.00954. The summed E-state index contributed by atoms with van der Waals surface area (Å²) in [4.78, 5) is 12.2. The molecule has 4 nitrogen and oxygen atoms in total. The van der Waals surface area contributed by atoms with Gasteiger partial charge in [-0.1, -0.05) is 50.2 Å². The lowest BCUT2D eigenvalue weighted by Gasteiger charge is -2.15. The molecule has 0 bridgehead atoms. The quantitative estimate of drug-likeness (QED) is 0.790. The first-order valence-corrected chi connectivity index (χ1v) is 8.57. The molecule has 134 valence electrons. The zero-order chi connectivity index (χ0) is 18.2. The Balaban J connectivity index is 1.93. The standard InChI is InChI=1S/C21H27NO3/c1-15(2)19-10-9-16(3)11-20(19)25-14-21(23)22-12-17-7-5-6-8-18(17)13-24-4/h5-11,15H,12-14H2,1-4H3,(H,22,23). The van der Waals surface area contributed by atoms with Crippen LogP contribution < -0.4 is 10.1 Å². The van der Waals surface area contributed by atoms with Crippen molar-refractivity contribution in [2.45, 2.75) is 39.8 Å². The van der Waals surface area contributed by atoms with Crippen molar-refractivity contribution in [1.82, 2.24) is 5.32 Å². The van der Waals surface area contributed by atoms with Gasteiger partial charge in [0, 0.05) is 13.7 Å². The summed E-state index contributed by atoms with van der Waals surface area (Å²) >= 11 is 0. The Morgan fingerprint density at radius 2 is 1.84 bits per heavy atom. The van der Waals surface area contributed by atoms with Crippen LogP contribution in [-0.4, -0.2) is 19.6 Å². The van der Waals surface area contributed by atoms with Gasteiger partial charge in [-0.05, 0) is 41.2 Å². The molecule has 2 rings (SSSR count). The second-order valence-electron chi connectivity index (χ2n) is 6.46. The summed E-state index contributed by atoms with van der Waals surface area (Å²) in [7, 11) is 1.66. The monoisotopic (exact) mass is 341 g/mol. The predicted molar refractivity (Wildman–Crippen MR) is 99.8 cm³/mol. The van der Waals surface area contributed by atoms with Crippen LogP contribution in [0.1, 0.15) is 42.0 Å². The average Bonchev–Trinajstić information content (AvgIpc) is 2.59. The molecule has 0 spiro atoms. The Morgan fingerprint density at radius 1 is 1.12 bits per heavy atom. The molecule has 0 unspecified atom stereocenters. The number of ether oxygens (including phenoxy) is 2. The molecule has 0 saturated carbocycles. The van der Waals surface area contributed by atoms with Gasteiger partial charge < -0.3 is 14.8 Å². The van der Waals surface area contributed by atoms with Crippen LogP contribution >= 0.6 is 0 Å². The van der Waals surface area contributed by atoms with Gasteiger partial charge in [0.2, 0.25) is 0 Å². The maximum Gasteiger partial charge on any atom is 0.258 e. The zero-order valence-electron chi connectivity index (χ0n) is 15.5. The van der Waals surface area contributed by atoms with Crippen LogP contribution in [0.3, 0.4) is 0 Å². The maximum absolute atomic E-state index is 12.2. The van der Waals surface area contributed by atoms with E-state index in [0.717, 1.165) is 28.0 Å². The van der Waals surface area contributed by atoms with Crippen LogP contribution in [0.5, 0.6) is 5.75 Å². The SMILES string of the molecule is COCc1ccccc1CNC(=O)COc1cc(C)ccc1C(C)C. The molecule has 2 aromatic carbocycles. The molecule has 1 N–H and O–H groups in total. The zero-order valence-corrected chi connectivity index (χ0v) is 15.5. The summed E-state index contributed by atoms with van der Waals surface area (Å²) in [5.74, 6) is 0.993. The topological polar surface area (TPSA) is 47.6 Å². The number of methoxy groups -OCH3 is 1. The normalized spacial score (nSPS) is 10.8. The van der Waals surface area contributed by atoms with Crippen molar-refractivity contribution in [3.63, 3.8) is 0 Å². The first-order chi connectivity index (χ1) is 12.0. The fourth-order valence-corrected chi connectivity index (χ4v) is 2.66. The van der Waals surface area contributed by atoms with Crippen molar-refractivity contribution in [2.24, 2.45) is 0 Å². The van der Waals surface area contributed by atoms with E-state index in [1.165, 1.54) is 0 Å². The van der Waals surface area contributed by atoms with Gasteiger partial charge in [-0.25, -0.2) is 0 Å². The lowest BCUT2D eigenvalue weighted by atomic mass is 10.0. The molecule has 25 heavy (non-hydrogen) atoms. The minimum atomic E-state index is -0.136. The Morgan fingerprint density at radius 3 is 2.52 bits per heavy atom. The predicted octanol–water partition coefficient (Wildman–Crippen LogP) is 3.96. The van der Waals surface area contributed by atoms with E-state index in [9.17, 15) is 4.79 Å². The number of hydrogen-bond acceptors (Lipinski definition) is 3. The summed E-state index contributed by atoms with van der Waals surface area (Å²) in [5, 5.41) is 2.91. The Hall–Kier alpha value is -2.33. The summed E-state index contributed by atoms with van der Waals surface area (Å²) in [6, 6.07) is 14.0. The first-order valence-electron chi connectivity index (χ1n) is 8.57. The molecule has 0 fully saturated rings. The van der Waals surface area contributed by atoms with Crippen molar-refractivity contribution >= 4 is 5.91 Å².